The molecular weight excluding hydrogens is 302 g/mol. The third-order valence-electron chi connectivity index (χ3n) is 2.68. The molecule has 0 bridgehead atoms. The average Bonchev–Trinajstić information content (AvgIpc) is 2.15. The second kappa shape index (κ2) is 5.08. The van der Waals surface area contributed by atoms with E-state index in [1.165, 1.54) is 0 Å². The summed E-state index contributed by atoms with van der Waals surface area (Å²) in [6.45, 7) is 5.81. The summed E-state index contributed by atoms with van der Waals surface area (Å²) in [7, 11) is -3.35. The van der Waals surface area contributed by atoms with Gasteiger partial charge < -0.3 is 5.73 Å². The molecule has 0 saturated heterocycles. The first-order valence-corrected chi connectivity index (χ1v) is 7.82. The molecule has 0 aliphatic carbocycles. The molecular formula is C12H18BrNO2S. The zero-order valence-electron chi connectivity index (χ0n) is 10.3. The number of benzene rings is 1. The first-order valence-electron chi connectivity index (χ1n) is 5.37. The van der Waals surface area contributed by atoms with Crippen molar-refractivity contribution in [1.29, 1.82) is 0 Å². The maximum atomic E-state index is 12.2. The normalized spacial score (nSPS) is 14.6. The van der Waals surface area contributed by atoms with Gasteiger partial charge in [-0.3, -0.25) is 0 Å². The Kier molecular flexibility index (Phi) is 4.38. The van der Waals surface area contributed by atoms with Crippen molar-refractivity contribution in [2.45, 2.75) is 31.7 Å². The van der Waals surface area contributed by atoms with Gasteiger partial charge in [-0.1, -0.05) is 32.9 Å². The Morgan fingerprint density at radius 3 is 2.29 bits per heavy atom. The van der Waals surface area contributed by atoms with Gasteiger partial charge in [-0.2, -0.15) is 0 Å². The molecule has 1 atom stereocenters. The molecule has 0 saturated carbocycles. The Morgan fingerprint density at radius 1 is 1.29 bits per heavy atom. The predicted octanol–water partition coefficient (Wildman–Crippen LogP) is 2.60. The molecule has 96 valence electrons. The Labute approximate surface area is 111 Å². The summed E-state index contributed by atoms with van der Waals surface area (Å²) in [5.74, 6) is -0.0425. The molecule has 5 heteroatoms. The number of hydrogen-bond acceptors (Lipinski definition) is 3. The number of halogens is 1. The van der Waals surface area contributed by atoms with Crippen LogP contribution in [0.15, 0.2) is 33.6 Å². The van der Waals surface area contributed by atoms with Crippen molar-refractivity contribution >= 4 is 25.8 Å². The topological polar surface area (TPSA) is 60.2 Å². The van der Waals surface area contributed by atoms with Crippen molar-refractivity contribution in [3.63, 3.8) is 0 Å². The Bertz CT molecular complexity index is 491. The van der Waals surface area contributed by atoms with E-state index in [4.69, 9.17) is 5.73 Å². The van der Waals surface area contributed by atoms with E-state index in [0.717, 1.165) is 0 Å². The summed E-state index contributed by atoms with van der Waals surface area (Å²) >= 11 is 3.25. The number of rotatable bonds is 3. The molecule has 1 aromatic rings. The molecule has 0 heterocycles. The summed E-state index contributed by atoms with van der Waals surface area (Å²) in [6.07, 6.45) is 0. The Hall–Kier alpha value is -0.390. The Morgan fingerprint density at radius 2 is 1.82 bits per heavy atom. The minimum Gasteiger partial charge on any atom is -0.326 e. The van der Waals surface area contributed by atoms with Gasteiger partial charge in [0.15, 0.2) is 9.84 Å². The van der Waals surface area contributed by atoms with Crippen molar-refractivity contribution in [2.75, 3.05) is 5.75 Å². The molecule has 17 heavy (non-hydrogen) atoms. The first-order chi connectivity index (χ1) is 7.64. The zero-order chi connectivity index (χ0) is 13.3. The maximum absolute atomic E-state index is 12.2. The van der Waals surface area contributed by atoms with Crippen LogP contribution < -0.4 is 5.73 Å². The van der Waals surface area contributed by atoms with Gasteiger partial charge in [0.05, 0.1) is 10.6 Å². The second-order valence-corrected chi connectivity index (χ2v) is 8.04. The summed E-state index contributed by atoms with van der Waals surface area (Å²) in [6, 6.07) is 6.41. The molecule has 0 amide bonds. The maximum Gasteiger partial charge on any atom is 0.181 e. The Balaban J connectivity index is 3.03. The molecule has 2 N–H and O–H groups in total. The molecule has 1 rings (SSSR count). The summed E-state index contributed by atoms with van der Waals surface area (Å²) in [5, 5.41) is 0. The van der Waals surface area contributed by atoms with Gasteiger partial charge in [-0.05, 0) is 33.5 Å². The van der Waals surface area contributed by atoms with E-state index in [1.54, 1.807) is 24.3 Å². The van der Waals surface area contributed by atoms with Crippen molar-refractivity contribution in [3.05, 3.63) is 28.7 Å². The highest BCUT2D eigenvalue weighted by atomic mass is 79.9. The van der Waals surface area contributed by atoms with Crippen LogP contribution in [-0.4, -0.2) is 20.2 Å². The van der Waals surface area contributed by atoms with Crippen molar-refractivity contribution in [3.8, 4) is 0 Å². The van der Waals surface area contributed by atoms with Crippen LogP contribution in [0.4, 0.5) is 0 Å². The van der Waals surface area contributed by atoms with E-state index in [2.05, 4.69) is 15.9 Å². The van der Waals surface area contributed by atoms with E-state index in [9.17, 15) is 8.42 Å². The van der Waals surface area contributed by atoms with E-state index in [-0.39, 0.29) is 17.2 Å². The van der Waals surface area contributed by atoms with Crippen LogP contribution >= 0.6 is 15.9 Å². The third kappa shape index (κ3) is 3.79. The van der Waals surface area contributed by atoms with Gasteiger partial charge in [0.25, 0.3) is 0 Å². The molecule has 0 aliphatic heterocycles. The highest BCUT2D eigenvalue weighted by Crippen LogP contribution is 2.26. The van der Waals surface area contributed by atoms with Crippen LogP contribution in [0.2, 0.25) is 0 Å². The lowest BCUT2D eigenvalue weighted by Crippen LogP contribution is -2.41. The fourth-order valence-electron chi connectivity index (χ4n) is 1.27. The largest absolute Gasteiger partial charge is 0.326 e. The minimum absolute atomic E-state index is 0.0425. The van der Waals surface area contributed by atoms with Gasteiger partial charge in [0.1, 0.15) is 0 Å². The van der Waals surface area contributed by atoms with E-state index >= 15 is 0 Å². The lowest BCUT2D eigenvalue weighted by atomic mass is 9.89. The van der Waals surface area contributed by atoms with Crippen LogP contribution in [0.5, 0.6) is 0 Å². The molecule has 0 aromatic heterocycles. The van der Waals surface area contributed by atoms with Crippen LogP contribution in [0.1, 0.15) is 20.8 Å². The third-order valence-corrected chi connectivity index (χ3v) is 5.46. The van der Waals surface area contributed by atoms with Crippen LogP contribution in [0, 0.1) is 5.41 Å². The first kappa shape index (κ1) is 14.7. The quantitative estimate of drug-likeness (QED) is 0.931. The van der Waals surface area contributed by atoms with E-state index < -0.39 is 9.84 Å². The molecule has 1 unspecified atom stereocenters. The molecule has 0 fully saturated rings. The fraction of sp³-hybridized carbons (Fsp3) is 0.500. The van der Waals surface area contributed by atoms with Crippen LogP contribution in [-0.2, 0) is 9.84 Å². The number of nitrogens with two attached hydrogens (primary N) is 1. The average molecular weight is 320 g/mol. The minimum atomic E-state index is -3.35. The molecule has 0 aliphatic rings. The van der Waals surface area contributed by atoms with Crippen molar-refractivity contribution < 1.29 is 8.42 Å². The van der Waals surface area contributed by atoms with Crippen molar-refractivity contribution in [1.82, 2.24) is 0 Å². The number of hydrogen-bond donors (Lipinski definition) is 1. The van der Waals surface area contributed by atoms with Gasteiger partial charge >= 0.3 is 0 Å². The van der Waals surface area contributed by atoms with Gasteiger partial charge in [0, 0.05) is 10.5 Å². The summed E-state index contributed by atoms with van der Waals surface area (Å²) in [4.78, 5) is 0.305. The monoisotopic (exact) mass is 319 g/mol. The lowest BCUT2D eigenvalue weighted by molar-refractivity contribution is 0.340. The van der Waals surface area contributed by atoms with Gasteiger partial charge in [-0.25, -0.2) is 8.42 Å². The van der Waals surface area contributed by atoms with Gasteiger partial charge in [-0.15, -0.1) is 0 Å². The second-order valence-electron chi connectivity index (χ2n) is 5.18. The molecule has 1 aromatic carbocycles. The lowest BCUT2D eigenvalue weighted by Gasteiger charge is -2.26. The summed E-state index contributed by atoms with van der Waals surface area (Å²) in [5.41, 5.74) is 5.70. The highest BCUT2D eigenvalue weighted by molar-refractivity contribution is 9.10. The zero-order valence-corrected chi connectivity index (χ0v) is 12.7. The van der Waals surface area contributed by atoms with E-state index in [1.807, 2.05) is 20.8 Å². The highest BCUT2D eigenvalue weighted by Gasteiger charge is 2.28. The SMILES string of the molecule is CC(C)(C)C(N)CS(=O)(=O)c1ccccc1Br. The number of sulfone groups is 1. The van der Waals surface area contributed by atoms with Gasteiger partial charge in [0.2, 0.25) is 0 Å². The van der Waals surface area contributed by atoms with Crippen LogP contribution in [0.25, 0.3) is 0 Å². The molecule has 0 spiro atoms. The van der Waals surface area contributed by atoms with E-state index in [0.29, 0.717) is 9.37 Å². The predicted molar refractivity (Wildman–Crippen MR) is 73.6 cm³/mol. The standard InChI is InChI=1S/C12H18BrNO2S/c1-12(2,3)11(14)8-17(15,16)10-7-5-4-6-9(10)13/h4-7,11H,8,14H2,1-3H3. The summed E-state index contributed by atoms with van der Waals surface area (Å²) < 4.78 is 25.0. The smallest absolute Gasteiger partial charge is 0.181 e. The van der Waals surface area contributed by atoms with Crippen LogP contribution in [0.3, 0.4) is 0 Å². The van der Waals surface area contributed by atoms with Crippen molar-refractivity contribution in [2.24, 2.45) is 11.1 Å². The molecule has 0 radical (unpaired) electrons. The fourth-order valence-corrected chi connectivity index (χ4v) is 4.10. The molecule has 3 nitrogen and oxygen atoms in total.